The number of hydrogen-bond acceptors (Lipinski definition) is 5. The van der Waals surface area contributed by atoms with E-state index in [-0.39, 0.29) is 32.1 Å². The smallest absolute Gasteiger partial charge is 0.341 e. The standard InChI is InChI=1S/C19H17F3N2O5S/c20-13-5-6-15-12(9-13)10-24(17(25)11-29-15)8-7-23-18(26)14-3-1-2-4-16(14)30(27,28)19(21)22/h1-6,9,19H,7-8,10-11H2,(H,23,26). The largest absolute Gasteiger partial charge is 0.483 e. The molecule has 0 aliphatic carbocycles. The average Bonchev–Trinajstić information content (AvgIpc) is 2.86. The molecule has 3 rings (SSSR count). The fourth-order valence-electron chi connectivity index (χ4n) is 2.94. The average molecular weight is 442 g/mol. The van der Waals surface area contributed by atoms with Crippen molar-refractivity contribution >= 4 is 21.7 Å². The van der Waals surface area contributed by atoms with Gasteiger partial charge in [-0.25, -0.2) is 12.8 Å². The van der Waals surface area contributed by atoms with Gasteiger partial charge >= 0.3 is 5.76 Å². The predicted molar refractivity (Wildman–Crippen MR) is 99.3 cm³/mol. The highest BCUT2D eigenvalue weighted by atomic mass is 32.2. The number of halogens is 3. The van der Waals surface area contributed by atoms with Gasteiger partial charge in [0, 0.05) is 25.2 Å². The minimum atomic E-state index is -4.96. The predicted octanol–water partition coefficient (Wildman–Crippen LogP) is 1.97. The summed E-state index contributed by atoms with van der Waals surface area (Å²) in [5.41, 5.74) is 0.0382. The number of ether oxygens (including phenoxy) is 1. The highest BCUT2D eigenvalue weighted by Crippen LogP contribution is 2.24. The summed E-state index contributed by atoms with van der Waals surface area (Å²) in [4.78, 5) is 25.1. The van der Waals surface area contributed by atoms with Gasteiger partial charge in [0.2, 0.25) is 9.84 Å². The van der Waals surface area contributed by atoms with Crippen molar-refractivity contribution in [2.75, 3.05) is 19.7 Å². The lowest BCUT2D eigenvalue weighted by molar-refractivity contribution is -0.133. The highest BCUT2D eigenvalue weighted by Gasteiger charge is 2.31. The van der Waals surface area contributed by atoms with Crippen molar-refractivity contribution in [1.82, 2.24) is 10.2 Å². The second kappa shape index (κ2) is 8.74. The van der Waals surface area contributed by atoms with Gasteiger partial charge in [-0.2, -0.15) is 8.78 Å². The third kappa shape index (κ3) is 4.56. The molecular weight excluding hydrogens is 425 g/mol. The van der Waals surface area contributed by atoms with Gasteiger partial charge in [0.1, 0.15) is 11.6 Å². The molecule has 0 unspecified atom stereocenters. The Hall–Kier alpha value is -3.08. The Kier molecular flexibility index (Phi) is 6.30. The number of alkyl halides is 2. The monoisotopic (exact) mass is 442 g/mol. The second-order valence-electron chi connectivity index (χ2n) is 6.41. The maximum atomic E-state index is 13.5. The van der Waals surface area contributed by atoms with E-state index in [0.717, 1.165) is 12.1 Å². The fraction of sp³-hybridized carbons (Fsp3) is 0.263. The van der Waals surface area contributed by atoms with E-state index in [1.165, 1.54) is 35.2 Å². The number of nitrogens with one attached hydrogen (secondary N) is 1. The van der Waals surface area contributed by atoms with Crippen molar-refractivity contribution in [3.05, 3.63) is 59.4 Å². The first-order valence-electron chi connectivity index (χ1n) is 8.78. The lowest BCUT2D eigenvalue weighted by Gasteiger charge is -2.20. The van der Waals surface area contributed by atoms with Crippen LogP contribution < -0.4 is 10.1 Å². The zero-order chi connectivity index (χ0) is 21.9. The maximum absolute atomic E-state index is 13.5. The van der Waals surface area contributed by atoms with Crippen LogP contribution in [-0.2, 0) is 21.2 Å². The zero-order valence-corrected chi connectivity index (χ0v) is 16.3. The number of rotatable bonds is 6. The van der Waals surface area contributed by atoms with E-state index >= 15 is 0 Å². The van der Waals surface area contributed by atoms with E-state index in [2.05, 4.69) is 5.32 Å². The number of sulfone groups is 1. The minimum Gasteiger partial charge on any atom is -0.483 e. The maximum Gasteiger partial charge on any atom is 0.341 e. The summed E-state index contributed by atoms with van der Waals surface area (Å²) in [5.74, 6) is -5.04. The van der Waals surface area contributed by atoms with Gasteiger partial charge in [0.15, 0.2) is 6.61 Å². The molecule has 0 radical (unpaired) electrons. The molecule has 2 aromatic carbocycles. The van der Waals surface area contributed by atoms with Gasteiger partial charge in [-0.1, -0.05) is 12.1 Å². The van der Waals surface area contributed by atoms with E-state index in [9.17, 15) is 31.2 Å². The van der Waals surface area contributed by atoms with Gasteiger partial charge < -0.3 is 15.0 Å². The Balaban J connectivity index is 1.68. The fourth-order valence-corrected chi connectivity index (χ4v) is 3.87. The minimum absolute atomic E-state index is 0.0215. The molecule has 0 aromatic heterocycles. The quantitative estimate of drug-likeness (QED) is 0.739. The van der Waals surface area contributed by atoms with Crippen molar-refractivity contribution in [2.45, 2.75) is 17.2 Å². The van der Waals surface area contributed by atoms with Crippen LogP contribution in [0.2, 0.25) is 0 Å². The molecule has 160 valence electrons. The number of hydrogen-bond donors (Lipinski definition) is 1. The summed E-state index contributed by atoms with van der Waals surface area (Å²) >= 11 is 0. The Bertz CT molecular complexity index is 1080. The molecule has 0 saturated carbocycles. The molecule has 1 N–H and O–H groups in total. The lowest BCUT2D eigenvalue weighted by atomic mass is 10.2. The summed E-state index contributed by atoms with van der Waals surface area (Å²) in [5, 5.41) is 2.42. The molecule has 0 spiro atoms. The van der Waals surface area contributed by atoms with E-state index in [1.54, 1.807) is 0 Å². The van der Waals surface area contributed by atoms with Gasteiger partial charge in [0.25, 0.3) is 11.8 Å². The molecule has 2 aromatic rings. The molecule has 1 heterocycles. The number of nitrogens with zero attached hydrogens (tertiary/aromatic N) is 1. The van der Waals surface area contributed by atoms with E-state index in [4.69, 9.17) is 4.74 Å². The normalized spacial score (nSPS) is 14.1. The van der Waals surface area contributed by atoms with E-state index in [0.29, 0.717) is 11.3 Å². The van der Waals surface area contributed by atoms with E-state index < -0.39 is 37.8 Å². The van der Waals surface area contributed by atoms with Crippen LogP contribution in [0.5, 0.6) is 5.75 Å². The van der Waals surface area contributed by atoms with Crippen molar-refractivity contribution in [3.63, 3.8) is 0 Å². The van der Waals surface area contributed by atoms with Crippen LogP contribution in [0.3, 0.4) is 0 Å². The van der Waals surface area contributed by atoms with Crippen LogP contribution in [0.15, 0.2) is 47.4 Å². The van der Waals surface area contributed by atoms with Crippen LogP contribution in [0.25, 0.3) is 0 Å². The number of benzene rings is 2. The van der Waals surface area contributed by atoms with Crippen molar-refractivity contribution in [3.8, 4) is 5.75 Å². The molecule has 0 saturated heterocycles. The number of amides is 2. The number of carbonyl (C=O) groups excluding carboxylic acids is 2. The van der Waals surface area contributed by atoms with Gasteiger partial charge in [0.05, 0.1) is 10.5 Å². The van der Waals surface area contributed by atoms with Crippen molar-refractivity contribution in [1.29, 1.82) is 0 Å². The molecule has 1 aliphatic heterocycles. The summed E-state index contributed by atoms with van der Waals surface area (Å²) in [6, 6.07) is 8.50. The topological polar surface area (TPSA) is 92.8 Å². The molecule has 7 nitrogen and oxygen atoms in total. The molecular formula is C19H17F3N2O5S. The summed E-state index contributed by atoms with van der Waals surface area (Å²) in [6.07, 6.45) is 0. The van der Waals surface area contributed by atoms with Crippen LogP contribution in [-0.4, -0.2) is 50.6 Å². The molecule has 1 aliphatic rings. The molecule has 30 heavy (non-hydrogen) atoms. The molecule has 0 bridgehead atoms. The van der Waals surface area contributed by atoms with Crippen LogP contribution in [0.4, 0.5) is 13.2 Å². The van der Waals surface area contributed by atoms with E-state index in [1.807, 2.05) is 0 Å². The second-order valence-corrected chi connectivity index (χ2v) is 8.30. The van der Waals surface area contributed by atoms with Gasteiger partial charge in [-0.3, -0.25) is 9.59 Å². The first-order valence-corrected chi connectivity index (χ1v) is 10.3. The molecule has 2 amide bonds. The summed E-state index contributed by atoms with van der Waals surface area (Å²) < 4.78 is 68.1. The Morgan fingerprint density at radius 2 is 1.93 bits per heavy atom. The number of carbonyl (C=O) groups is 2. The van der Waals surface area contributed by atoms with Crippen LogP contribution in [0, 0.1) is 5.82 Å². The van der Waals surface area contributed by atoms with Gasteiger partial charge in [-0.05, 0) is 30.3 Å². The Labute approximate surface area is 170 Å². The highest BCUT2D eigenvalue weighted by molar-refractivity contribution is 7.91. The van der Waals surface area contributed by atoms with Crippen LogP contribution >= 0.6 is 0 Å². The first-order chi connectivity index (χ1) is 14.2. The van der Waals surface area contributed by atoms with Gasteiger partial charge in [-0.15, -0.1) is 0 Å². The van der Waals surface area contributed by atoms with Crippen molar-refractivity contribution in [2.24, 2.45) is 0 Å². The third-order valence-corrected chi connectivity index (χ3v) is 5.87. The summed E-state index contributed by atoms with van der Waals surface area (Å²) in [6.45, 7) is -0.272. The molecule has 0 fully saturated rings. The van der Waals surface area contributed by atoms with Crippen LogP contribution in [0.1, 0.15) is 15.9 Å². The Morgan fingerprint density at radius 3 is 2.67 bits per heavy atom. The number of fused-ring (bicyclic) bond motifs is 1. The Morgan fingerprint density at radius 1 is 1.20 bits per heavy atom. The third-order valence-electron chi connectivity index (χ3n) is 4.43. The summed E-state index contributed by atoms with van der Waals surface area (Å²) in [7, 11) is -4.96. The SMILES string of the molecule is O=C(NCCN1Cc2cc(F)ccc2OCC1=O)c1ccccc1S(=O)(=O)C(F)F. The van der Waals surface area contributed by atoms with Crippen molar-refractivity contribution < 1.29 is 35.9 Å². The zero-order valence-electron chi connectivity index (χ0n) is 15.5. The lowest BCUT2D eigenvalue weighted by Crippen LogP contribution is -2.39. The first kappa shape index (κ1) is 21.6. The molecule has 11 heteroatoms. The molecule has 0 atom stereocenters.